The lowest BCUT2D eigenvalue weighted by Gasteiger charge is -2.24. The van der Waals surface area contributed by atoms with E-state index in [0.29, 0.717) is 0 Å². The molecule has 1 aromatic carbocycles. The predicted molar refractivity (Wildman–Crippen MR) is 77.9 cm³/mol. The van der Waals surface area contributed by atoms with E-state index in [-0.39, 0.29) is 24.4 Å². The third-order valence-corrected chi connectivity index (χ3v) is 3.36. The Balaban J connectivity index is 2.65. The van der Waals surface area contributed by atoms with Crippen LogP contribution in [-0.4, -0.2) is 17.9 Å². The average molecular weight is 277 g/mol. The minimum absolute atomic E-state index is 0.0992. The summed E-state index contributed by atoms with van der Waals surface area (Å²) in [5.74, 6) is -0.474. The Hall–Kier alpha value is -1.84. The lowest BCUT2D eigenvalue weighted by Crippen LogP contribution is -2.45. The molecule has 1 N–H and O–H groups in total. The van der Waals surface area contributed by atoms with Crippen LogP contribution in [0.25, 0.3) is 0 Å². The Morgan fingerprint density at radius 3 is 2.25 bits per heavy atom. The molecule has 1 atom stereocenters. The van der Waals surface area contributed by atoms with Crippen molar-refractivity contribution in [3.8, 4) is 0 Å². The van der Waals surface area contributed by atoms with Gasteiger partial charge in [0.05, 0.1) is 0 Å². The fourth-order valence-corrected chi connectivity index (χ4v) is 2.17. The minimum atomic E-state index is -0.564. The normalized spacial score (nSPS) is 12.0. The van der Waals surface area contributed by atoms with Gasteiger partial charge in [0.15, 0.2) is 0 Å². The summed E-state index contributed by atoms with van der Waals surface area (Å²) in [5.41, 5.74) is 0.937. The fraction of sp³-hybridized carbons (Fsp3) is 0.500. The van der Waals surface area contributed by atoms with Gasteiger partial charge in [0, 0.05) is 6.92 Å². The highest BCUT2D eigenvalue weighted by Gasteiger charge is 2.28. The summed E-state index contributed by atoms with van der Waals surface area (Å²) in [5, 5.41) is 2.70. The molecule has 1 unspecified atom stereocenters. The molecule has 0 fully saturated rings. The smallest absolute Gasteiger partial charge is 0.329 e. The molecule has 0 saturated carbocycles. The number of esters is 1. The quantitative estimate of drug-likeness (QED) is 0.780. The van der Waals surface area contributed by atoms with Crippen molar-refractivity contribution >= 4 is 11.9 Å². The molecule has 0 aliphatic carbocycles. The molecule has 0 spiro atoms. The lowest BCUT2D eigenvalue weighted by atomic mass is 9.94. The number of amides is 1. The molecule has 0 heterocycles. The van der Waals surface area contributed by atoms with Crippen LogP contribution < -0.4 is 5.32 Å². The summed E-state index contributed by atoms with van der Waals surface area (Å²) in [6, 6.07) is 8.95. The summed E-state index contributed by atoms with van der Waals surface area (Å²) in [6.07, 6.45) is 1.64. The van der Waals surface area contributed by atoms with Crippen LogP contribution in [-0.2, 0) is 20.9 Å². The van der Waals surface area contributed by atoms with Gasteiger partial charge >= 0.3 is 5.97 Å². The van der Waals surface area contributed by atoms with Gasteiger partial charge in [0.1, 0.15) is 12.6 Å². The Bertz CT molecular complexity index is 427. The van der Waals surface area contributed by atoms with E-state index >= 15 is 0 Å². The van der Waals surface area contributed by atoms with Crippen LogP contribution in [0.3, 0.4) is 0 Å². The van der Waals surface area contributed by atoms with Crippen LogP contribution in [0.1, 0.15) is 39.2 Å². The lowest BCUT2D eigenvalue weighted by molar-refractivity contribution is -0.150. The van der Waals surface area contributed by atoms with Crippen LogP contribution in [0.5, 0.6) is 0 Å². The van der Waals surface area contributed by atoms with Crippen molar-refractivity contribution in [2.24, 2.45) is 5.92 Å². The number of ether oxygens (including phenoxy) is 1. The molecular weight excluding hydrogens is 254 g/mol. The van der Waals surface area contributed by atoms with E-state index < -0.39 is 6.04 Å². The summed E-state index contributed by atoms with van der Waals surface area (Å²) >= 11 is 0. The third kappa shape index (κ3) is 5.03. The van der Waals surface area contributed by atoms with Gasteiger partial charge in [0.2, 0.25) is 5.91 Å². The number of carbonyl (C=O) groups excluding carboxylic acids is 2. The van der Waals surface area contributed by atoms with E-state index in [1.807, 2.05) is 44.2 Å². The van der Waals surface area contributed by atoms with Gasteiger partial charge in [0.25, 0.3) is 0 Å². The summed E-state index contributed by atoms with van der Waals surface area (Å²) in [4.78, 5) is 23.4. The van der Waals surface area contributed by atoms with E-state index in [2.05, 4.69) is 5.32 Å². The van der Waals surface area contributed by atoms with Crippen LogP contribution in [0, 0.1) is 5.92 Å². The number of nitrogens with one attached hydrogen (secondary N) is 1. The second kappa shape index (κ2) is 8.35. The first-order chi connectivity index (χ1) is 9.58. The molecule has 0 radical (unpaired) electrons. The predicted octanol–water partition coefficient (Wildman–Crippen LogP) is 2.67. The van der Waals surface area contributed by atoms with E-state index in [4.69, 9.17) is 4.74 Å². The van der Waals surface area contributed by atoms with Gasteiger partial charge in [-0.15, -0.1) is 0 Å². The zero-order valence-electron chi connectivity index (χ0n) is 12.4. The fourth-order valence-electron chi connectivity index (χ4n) is 2.17. The van der Waals surface area contributed by atoms with Crippen LogP contribution in [0.4, 0.5) is 0 Å². The maximum Gasteiger partial charge on any atom is 0.329 e. The largest absolute Gasteiger partial charge is 0.459 e. The highest BCUT2D eigenvalue weighted by Crippen LogP contribution is 2.15. The number of hydrogen-bond acceptors (Lipinski definition) is 3. The molecule has 4 heteroatoms. The second-order valence-electron chi connectivity index (χ2n) is 4.85. The summed E-state index contributed by atoms with van der Waals surface area (Å²) < 4.78 is 5.32. The van der Waals surface area contributed by atoms with Crippen molar-refractivity contribution < 1.29 is 14.3 Å². The molecule has 110 valence electrons. The molecule has 0 saturated heterocycles. The summed E-state index contributed by atoms with van der Waals surface area (Å²) in [6.45, 7) is 5.66. The van der Waals surface area contributed by atoms with Crippen LogP contribution in [0.2, 0.25) is 0 Å². The number of hydrogen-bond donors (Lipinski definition) is 1. The first kappa shape index (κ1) is 16.2. The van der Waals surface area contributed by atoms with Gasteiger partial charge < -0.3 is 10.1 Å². The third-order valence-electron chi connectivity index (χ3n) is 3.36. The Morgan fingerprint density at radius 2 is 1.75 bits per heavy atom. The molecule has 20 heavy (non-hydrogen) atoms. The van der Waals surface area contributed by atoms with Crippen molar-refractivity contribution in [3.05, 3.63) is 35.9 Å². The van der Waals surface area contributed by atoms with Gasteiger partial charge in [-0.25, -0.2) is 4.79 Å². The van der Waals surface area contributed by atoms with Gasteiger partial charge in [-0.05, 0) is 11.5 Å². The number of carbonyl (C=O) groups is 2. The van der Waals surface area contributed by atoms with Crippen molar-refractivity contribution in [3.63, 3.8) is 0 Å². The first-order valence-electron chi connectivity index (χ1n) is 7.06. The highest BCUT2D eigenvalue weighted by molar-refractivity contribution is 5.83. The molecule has 1 aromatic rings. The molecule has 0 bridgehead atoms. The van der Waals surface area contributed by atoms with Crippen molar-refractivity contribution in [2.45, 2.75) is 46.3 Å². The van der Waals surface area contributed by atoms with E-state index in [1.165, 1.54) is 6.92 Å². The highest BCUT2D eigenvalue weighted by atomic mass is 16.5. The Kier molecular flexibility index (Phi) is 6.77. The topological polar surface area (TPSA) is 55.4 Å². The molecule has 0 aliphatic rings. The SMILES string of the molecule is CCC(CC)C(NC(C)=O)C(=O)OCc1ccccc1. The van der Waals surface area contributed by atoms with Gasteiger partial charge in [-0.1, -0.05) is 57.0 Å². The van der Waals surface area contributed by atoms with Crippen molar-refractivity contribution in [1.29, 1.82) is 0 Å². The maximum absolute atomic E-state index is 12.2. The van der Waals surface area contributed by atoms with Gasteiger partial charge in [-0.2, -0.15) is 0 Å². The van der Waals surface area contributed by atoms with Crippen LogP contribution in [0.15, 0.2) is 30.3 Å². The average Bonchev–Trinajstić information content (AvgIpc) is 2.45. The molecular formula is C16H23NO3. The molecule has 0 aliphatic heterocycles. The number of benzene rings is 1. The Labute approximate surface area is 120 Å². The summed E-state index contributed by atoms with van der Waals surface area (Å²) in [7, 11) is 0. The van der Waals surface area contributed by atoms with Crippen molar-refractivity contribution in [1.82, 2.24) is 5.32 Å². The van der Waals surface area contributed by atoms with E-state index in [0.717, 1.165) is 18.4 Å². The zero-order valence-corrected chi connectivity index (χ0v) is 12.4. The monoisotopic (exact) mass is 277 g/mol. The van der Waals surface area contributed by atoms with Crippen molar-refractivity contribution in [2.75, 3.05) is 0 Å². The molecule has 4 nitrogen and oxygen atoms in total. The van der Waals surface area contributed by atoms with E-state index in [1.54, 1.807) is 0 Å². The first-order valence-corrected chi connectivity index (χ1v) is 7.06. The maximum atomic E-state index is 12.2. The van der Waals surface area contributed by atoms with Gasteiger partial charge in [-0.3, -0.25) is 4.79 Å². The molecule has 1 amide bonds. The molecule has 1 rings (SSSR count). The van der Waals surface area contributed by atoms with Crippen LogP contribution >= 0.6 is 0 Å². The zero-order chi connectivity index (χ0) is 15.0. The number of rotatable bonds is 7. The standard InChI is InChI=1S/C16H23NO3/c1-4-14(5-2)15(17-12(3)18)16(19)20-11-13-9-7-6-8-10-13/h6-10,14-15H,4-5,11H2,1-3H3,(H,17,18). The Morgan fingerprint density at radius 1 is 1.15 bits per heavy atom. The second-order valence-corrected chi connectivity index (χ2v) is 4.85. The molecule has 0 aromatic heterocycles. The van der Waals surface area contributed by atoms with E-state index in [9.17, 15) is 9.59 Å². The minimum Gasteiger partial charge on any atom is -0.459 e.